The highest BCUT2D eigenvalue weighted by molar-refractivity contribution is 6.51. The maximum Gasteiger partial charge on any atom is 0.309 e. The van der Waals surface area contributed by atoms with E-state index in [1.807, 2.05) is 31.2 Å². The summed E-state index contributed by atoms with van der Waals surface area (Å²) >= 11 is 0. The predicted octanol–water partition coefficient (Wildman–Crippen LogP) is 5.37. The fourth-order valence-electron chi connectivity index (χ4n) is 4.40. The molecule has 4 rings (SSSR count). The smallest absolute Gasteiger partial charge is 0.309 e. The molecule has 1 aliphatic heterocycles. The molecule has 0 spiro atoms. The molecule has 1 amide bonds. The van der Waals surface area contributed by atoms with Gasteiger partial charge in [-0.25, -0.2) is 0 Å². The lowest BCUT2D eigenvalue weighted by molar-refractivity contribution is -0.139. The van der Waals surface area contributed by atoms with Crippen LogP contribution in [0.3, 0.4) is 0 Å². The molecule has 1 aliphatic rings. The summed E-state index contributed by atoms with van der Waals surface area (Å²) < 4.78 is 10.5. The van der Waals surface area contributed by atoms with Gasteiger partial charge in [0, 0.05) is 11.3 Å². The molecule has 38 heavy (non-hydrogen) atoms. The van der Waals surface area contributed by atoms with Gasteiger partial charge in [0.25, 0.3) is 11.7 Å². The number of ether oxygens (including phenoxy) is 2. The van der Waals surface area contributed by atoms with Crippen molar-refractivity contribution in [2.75, 3.05) is 18.6 Å². The number of hydrogen-bond donors (Lipinski definition) is 1. The van der Waals surface area contributed by atoms with Crippen LogP contribution in [-0.2, 0) is 25.5 Å². The van der Waals surface area contributed by atoms with Crippen molar-refractivity contribution in [3.63, 3.8) is 0 Å². The number of aryl methyl sites for hydroxylation is 1. The van der Waals surface area contributed by atoms with Crippen LogP contribution in [-0.4, -0.2) is 36.5 Å². The highest BCUT2D eigenvalue weighted by Gasteiger charge is 2.47. The number of benzene rings is 3. The molecular formula is C31H31NO6. The Labute approximate surface area is 222 Å². The van der Waals surface area contributed by atoms with Crippen molar-refractivity contribution >= 4 is 29.1 Å². The number of hydrogen-bond acceptors (Lipinski definition) is 6. The first kappa shape index (κ1) is 26.7. The molecular weight excluding hydrogens is 482 g/mol. The summed E-state index contributed by atoms with van der Waals surface area (Å²) in [6.07, 6.45) is 0.0911. The van der Waals surface area contributed by atoms with Gasteiger partial charge in [0.05, 0.1) is 31.8 Å². The Hall–Kier alpha value is -4.39. The van der Waals surface area contributed by atoms with E-state index in [0.717, 1.165) is 5.56 Å². The number of aliphatic hydroxyl groups is 1. The van der Waals surface area contributed by atoms with Gasteiger partial charge in [-0.1, -0.05) is 55.8 Å². The van der Waals surface area contributed by atoms with Crippen LogP contribution in [0.5, 0.6) is 5.75 Å². The average molecular weight is 514 g/mol. The largest absolute Gasteiger partial charge is 0.507 e. The number of Topliss-reactive ketones (excluding diaryl/α,β-unsaturated/α-hetero) is 1. The lowest BCUT2D eigenvalue weighted by atomic mass is 9.94. The number of carbonyl (C=O) groups is 3. The van der Waals surface area contributed by atoms with Crippen molar-refractivity contribution in [1.29, 1.82) is 0 Å². The molecule has 1 saturated heterocycles. The third-order valence-electron chi connectivity index (χ3n) is 6.30. The van der Waals surface area contributed by atoms with Gasteiger partial charge >= 0.3 is 5.97 Å². The van der Waals surface area contributed by atoms with Gasteiger partial charge in [0.2, 0.25) is 0 Å². The number of ketones is 1. The van der Waals surface area contributed by atoms with E-state index in [-0.39, 0.29) is 23.7 Å². The van der Waals surface area contributed by atoms with E-state index >= 15 is 0 Å². The Bertz CT molecular complexity index is 1370. The first-order valence-corrected chi connectivity index (χ1v) is 12.5. The van der Waals surface area contributed by atoms with Crippen molar-refractivity contribution in [1.82, 2.24) is 0 Å². The van der Waals surface area contributed by atoms with Gasteiger partial charge < -0.3 is 14.6 Å². The molecule has 1 heterocycles. The summed E-state index contributed by atoms with van der Waals surface area (Å²) in [6, 6.07) is 20.3. The lowest BCUT2D eigenvalue weighted by Crippen LogP contribution is -2.29. The van der Waals surface area contributed by atoms with Crippen molar-refractivity contribution in [2.45, 2.75) is 33.2 Å². The van der Waals surface area contributed by atoms with Crippen LogP contribution in [0, 0.1) is 12.8 Å². The summed E-state index contributed by atoms with van der Waals surface area (Å²) in [7, 11) is 1.32. The molecule has 0 bridgehead atoms. The first-order chi connectivity index (χ1) is 18.2. The van der Waals surface area contributed by atoms with Crippen molar-refractivity contribution in [2.24, 2.45) is 5.92 Å². The third kappa shape index (κ3) is 5.62. The minimum absolute atomic E-state index is 0.00934. The van der Waals surface area contributed by atoms with Gasteiger partial charge in [0.1, 0.15) is 11.5 Å². The summed E-state index contributed by atoms with van der Waals surface area (Å²) in [5, 5.41) is 11.3. The quantitative estimate of drug-likeness (QED) is 0.188. The van der Waals surface area contributed by atoms with Crippen LogP contribution in [0.4, 0.5) is 5.69 Å². The molecule has 0 saturated carbocycles. The van der Waals surface area contributed by atoms with Crippen LogP contribution in [0.15, 0.2) is 78.4 Å². The van der Waals surface area contributed by atoms with Gasteiger partial charge in [-0.2, -0.15) is 0 Å². The number of nitrogens with zero attached hydrogens (tertiary/aromatic N) is 1. The number of anilines is 1. The zero-order valence-corrected chi connectivity index (χ0v) is 21.9. The Kier molecular flexibility index (Phi) is 7.96. The Morgan fingerprint density at radius 1 is 1.00 bits per heavy atom. The number of methoxy groups -OCH3 is 1. The van der Waals surface area contributed by atoms with E-state index in [9.17, 15) is 19.5 Å². The maximum atomic E-state index is 13.4. The van der Waals surface area contributed by atoms with E-state index in [4.69, 9.17) is 9.47 Å². The highest BCUT2D eigenvalue weighted by Crippen LogP contribution is 2.42. The fraction of sp³-hybridized carbons (Fsp3) is 0.258. The Morgan fingerprint density at radius 3 is 2.29 bits per heavy atom. The molecule has 1 fully saturated rings. The van der Waals surface area contributed by atoms with Crippen LogP contribution in [0.2, 0.25) is 0 Å². The molecule has 1 unspecified atom stereocenters. The molecule has 7 nitrogen and oxygen atoms in total. The minimum Gasteiger partial charge on any atom is -0.507 e. The zero-order valence-electron chi connectivity index (χ0n) is 21.9. The lowest BCUT2D eigenvalue weighted by Gasteiger charge is -2.26. The van der Waals surface area contributed by atoms with E-state index in [2.05, 4.69) is 13.8 Å². The third-order valence-corrected chi connectivity index (χ3v) is 6.30. The van der Waals surface area contributed by atoms with E-state index in [1.54, 1.807) is 48.5 Å². The molecule has 0 aromatic heterocycles. The van der Waals surface area contributed by atoms with Crippen molar-refractivity contribution in [3.05, 3.63) is 101 Å². The summed E-state index contributed by atoms with van der Waals surface area (Å²) in [4.78, 5) is 39.8. The van der Waals surface area contributed by atoms with Gasteiger partial charge in [-0.05, 0) is 60.4 Å². The average Bonchev–Trinajstić information content (AvgIpc) is 3.18. The van der Waals surface area contributed by atoms with Gasteiger partial charge in [0.15, 0.2) is 0 Å². The standard InChI is InChI=1S/C31H31NO6/c1-19(2)18-38-25-14-10-22(11-15-25)29(34)27-28(23-7-5-6-20(3)16-23)32(31(36)30(27)35)24-12-8-21(9-13-24)17-26(33)37-4/h5-16,19,28,34H,17-18H2,1-4H3/b29-27-. The Morgan fingerprint density at radius 2 is 1.68 bits per heavy atom. The van der Waals surface area contributed by atoms with Crippen LogP contribution in [0.1, 0.15) is 42.1 Å². The van der Waals surface area contributed by atoms with Gasteiger partial charge in [-0.15, -0.1) is 0 Å². The van der Waals surface area contributed by atoms with Crippen LogP contribution < -0.4 is 9.64 Å². The maximum absolute atomic E-state index is 13.4. The second-order valence-corrected chi connectivity index (χ2v) is 9.73. The zero-order chi connectivity index (χ0) is 27.4. The highest BCUT2D eigenvalue weighted by atomic mass is 16.5. The molecule has 1 N–H and O–H groups in total. The normalized spacial score (nSPS) is 16.7. The number of aliphatic hydroxyl groups excluding tert-OH is 1. The van der Waals surface area contributed by atoms with E-state index < -0.39 is 17.7 Å². The van der Waals surface area contributed by atoms with E-state index in [0.29, 0.717) is 40.7 Å². The van der Waals surface area contributed by atoms with E-state index in [1.165, 1.54) is 12.0 Å². The van der Waals surface area contributed by atoms with Crippen LogP contribution in [0.25, 0.3) is 5.76 Å². The number of esters is 1. The predicted molar refractivity (Wildman–Crippen MR) is 145 cm³/mol. The molecule has 0 aliphatic carbocycles. The van der Waals surface area contributed by atoms with Crippen molar-refractivity contribution < 1.29 is 29.0 Å². The van der Waals surface area contributed by atoms with Crippen molar-refractivity contribution in [3.8, 4) is 5.75 Å². The summed E-state index contributed by atoms with van der Waals surface area (Å²) in [5.74, 6) is -1.13. The SMILES string of the molecule is COC(=O)Cc1ccc(N2C(=O)C(=O)/C(=C(\O)c3ccc(OCC(C)C)cc3)C2c2cccc(C)c2)cc1. The second-order valence-electron chi connectivity index (χ2n) is 9.73. The first-order valence-electron chi connectivity index (χ1n) is 12.5. The van der Waals surface area contributed by atoms with Crippen LogP contribution >= 0.6 is 0 Å². The molecule has 1 atom stereocenters. The monoisotopic (exact) mass is 513 g/mol. The Balaban J connectivity index is 1.77. The molecule has 7 heteroatoms. The fourth-order valence-corrected chi connectivity index (χ4v) is 4.40. The minimum atomic E-state index is -0.835. The number of carbonyl (C=O) groups excluding carboxylic acids is 3. The molecule has 0 radical (unpaired) electrons. The number of rotatable bonds is 8. The summed E-state index contributed by atoms with van der Waals surface area (Å²) in [6.45, 7) is 6.59. The topological polar surface area (TPSA) is 93.1 Å². The second kappa shape index (κ2) is 11.3. The number of amides is 1. The van der Waals surface area contributed by atoms with Gasteiger partial charge in [-0.3, -0.25) is 19.3 Å². The molecule has 3 aromatic carbocycles. The summed E-state index contributed by atoms with van der Waals surface area (Å²) in [5.41, 5.74) is 3.25. The molecule has 3 aromatic rings. The molecule has 196 valence electrons.